The minimum absolute atomic E-state index is 0.530. The SMILES string of the molecule is c1ccc(-c2ccc(-c3nc(-c4ccc5c(c4)c4ccccc4n5-c4ccccc4)nc(-c4ccc(-n5c6ccccc6c6cc7ccccc7cc65)c5c4oc4ccccc45)n3)cc2)cc1. The van der Waals surface area contributed by atoms with Gasteiger partial charge in [-0.25, -0.2) is 15.0 Å². The molecule has 0 bridgehead atoms. The molecule has 4 heterocycles. The molecule has 0 amide bonds. The summed E-state index contributed by atoms with van der Waals surface area (Å²) in [6.45, 7) is 0. The van der Waals surface area contributed by atoms with Crippen LogP contribution in [0.1, 0.15) is 0 Å². The molecule has 0 N–H and O–H groups in total. The first kappa shape index (κ1) is 37.3. The van der Waals surface area contributed by atoms with E-state index in [0.29, 0.717) is 23.1 Å². The van der Waals surface area contributed by atoms with E-state index in [-0.39, 0.29) is 0 Å². The van der Waals surface area contributed by atoms with E-state index in [0.717, 1.165) is 88.4 Å². The molecule has 0 atom stereocenters. The van der Waals surface area contributed by atoms with Gasteiger partial charge >= 0.3 is 0 Å². The first-order valence-corrected chi connectivity index (χ1v) is 22.6. The first-order valence-electron chi connectivity index (χ1n) is 22.6. The van der Waals surface area contributed by atoms with Gasteiger partial charge in [0.2, 0.25) is 0 Å². The van der Waals surface area contributed by atoms with Gasteiger partial charge in [0, 0.05) is 43.7 Å². The van der Waals surface area contributed by atoms with Crippen molar-refractivity contribution in [2.45, 2.75) is 0 Å². The van der Waals surface area contributed by atoms with Crippen molar-refractivity contribution >= 4 is 76.3 Å². The van der Waals surface area contributed by atoms with Gasteiger partial charge in [-0.2, -0.15) is 0 Å². The summed E-state index contributed by atoms with van der Waals surface area (Å²) in [6.07, 6.45) is 0. The van der Waals surface area contributed by atoms with Crippen molar-refractivity contribution < 1.29 is 4.42 Å². The van der Waals surface area contributed by atoms with Gasteiger partial charge in [-0.1, -0.05) is 152 Å². The number of rotatable bonds is 6. The van der Waals surface area contributed by atoms with Gasteiger partial charge in [-0.3, -0.25) is 0 Å². The first-order chi connectivity index (χ1) is 33.2. The molecule has 0 aliphatic carbocycles. The van der Waals surface area contributed by atoms with Crippen LogP contribution in [0.2, 0.25) is 0 Å². The van der Waals surface area contributed by atoms with Gasteiger partial charge in [-0.05, 0) is 94.7 Å². The Hall–Kier alpha value is -9.13. The van der Waals surface area contributed by atoms with Crippen LogP contribution in [-0.4, -0.2) is 24.1 Å². The Morgan fingerprint density at radius 1 is 0.328 bits per heavy atom. The van der Waals surface area contributed by atoms with Crippen LogP contribution in [-0.2, 0) is 0 Å². The van der Waals surface area contributed by atoms with Crippen molar-refractivity contribution in [3.63, 3.8) is 0 Å². The van der Waals surface area contributed by atoms with Crippen LogP contribution in [0.25, 0.3) is 133 Å². The highest BCUT2D eigenvalue weighted by atomic mass is 16.3. The molecular formula is C61H37N5O. The van der Waals surface area contributed by atoms with Crippen molar-refractivity contribution in [1.82, 2.24) is 24.1 Å². The van der Waals surface area contributed by atoms with Crippen molar-refractivity contribution in [2.75, 3.05) is 0 Å². The van der Waals surface area contributed by atoms with Crippen molar-refractivity contribution in [3.8, 4) is 56.7 Å². The van der Waals surface area contributed by atoms with E-state index in [4.69, 9.17) is 19.4 Å². The zero-order valence-corrected chi connectivity index (χ0v) is 36.0. The molecule has 0 fully saturated rings. The fourth-order valence-electron chi connectivity index (χ4n) is 10.3. The zero-order valence-electron chi connectivity index (χ0n) is 36.0. The van der Waals surface area contributed by atoms with Crippen molar-refractivity contribution in [2.24, 2.45) is 0 Å². The highest BCUT2D eigenvalue weighted by molar-refractivity contribution is 6.18. The predicted molar refractivity (Wildman–Crippen MR) is 275 cm³/mol. The Kier molecular flexibility index (Phi) is 8.18. The van der Waals surface area contributed by atoms with Gasteiger partial charge in [0.05, 0.1) is 38.7 Å². The van der Waals surface area contributed by atoms with E-state index < -0.39 is 0 Å². The summed E-state index contributed by atoms with van der Waals surface area (Å²) in [6, 6.07) is 79.1. The van der Waals surface area contributed by atoms with E-state index in [1.807, 2.05) is 18.2 Å². The molecule has 10 aromatic carbocycles. The number of furan rings is 1. The zero-order chi connectivity index (χ0) is 44.0. The standard InChI is InChI=1S/C61H37N5O/c1-3-15-38(16-4-1)39-27-29-40(30-28-39)59-62-60(43-31-33-53-49(36-43)45-21-9-12-24-51(45)65(53)44-19-5-2-6-20-44)64-61(63-59)48-32-34-54(57-47-23-11-14-26-56(47)67-58(48)57)66-52-25-13-10-22-46(52)50-35-41-17-7-8-18-42(41)37-55(50)66/h1-37H. The van der Waals surface area contributed by atoms with Crippen LogP contribution >= 0.6 is 0 Å². The lowest BCUT2D eigenvalue weighted by Gasteiger charge is -2.13. The average Bonchev–Trinajstić information content (AvgIpc) is 4.06. The highest BCUT2D eigenvalue weighted by Crippen LogP contribution is 2.43. The lowest BCUT2D eigenvalue weighted by Crippen LogP contribution is -2.01. The molecule has 0 spiro atoms. The number of nitrogens with zero attached hydrogens (tertiary/aromatic N) is 5. The Morgan fingerprint density at radius 3 is 1.63 bits per heavy atom. The molecule has 14 rings (SSSR count). The summed E-state index contributed by atoms with van der Waals surface area (Å²) in [5.41, 5.74) is 13.0. The van der Waals surface area contributed by atoms with E-state index >= 15 is 0 Å². The molecule has 0 radical (unpaired) electrons. The third-order valence-corrected chi connectivity index (χ3v) is 13.4. The topological polar surface area (TPSA) is 61.7 Å². The largest absolute Gasteiger partial charge is 0.455 e. The maximum atomic E-state index is 6.96. The molecule has 6 heteroatoms. The summed E-state index contributed by atoms with van der Waals surface area (Å²) in [7, 11) is 0. The molecular weight excluding hydrogens is 819 g/mol. The molecule has 0 aliphatic rings. The van der Waals surface area contributed by atoms with Crippen molar-refractivity contribution in [3.05, 3.63) is 224 Å². The molecule has 0 saturated heterocycles. The third kappa shape index (κ3) is 5.86. The second-order valence-corrected chi connectivity index (χ2v) is 17.2. The van der Waals surface area contributed by atoms with Crippen LogP contribution in [0.5, 0.6) is 0 Å². The van der Waals surface area contributed by atoms with Gasteiger partial charge in [-0.15, -0.1) is 0 Å². The van der Waals surface area contributed by atoms with E-state index in [9.17, 15) is 0 Å². The molecule has 0 saturated carbocycles. The Bertz CT molecular complexity index is 4260. The molecule has 67 heavy (non-hydrogen) atoms. The van der Waals surface area contributed by atoms with Crippen LogP contribution in [0, 0.1) is 0 Å². The monoisotopic (exact) mass is 855 g/mol. The van der Waals surface area contributed by atoms with Crippen LogP contribution in [0.3, 0.4) is 0 Å². The molecule has 0 aliphatic heterocycles. The summed E-state index contributed by atoms with van der Waals surface area (Å²) in [5.74, 6) is 1.69. The minimum Gasteiger partial charge on any atom is -0.455 e. The third-order valence-electron chi connectivity index (χ3n) is 13.4. The molecule has 312 valence electrons. The average molecular weight is 856 g/mol. The quantitative estimate of drug-likeness (QED) is 0.167. The highest BCUT2D eigenvalue weighted by Gasteiger charge is 2.24. The fraction of sp³-hybridized carbons (Fsp3) is 0. The summed E-state index contributed by atoms with van der Waals surface area (Å²) in [5, 5.41) is 9.10. The normalized spacial score (nSPS) is 11.9. The maximum absolute atomic E-state index is 6.96. The van der Waals surface area contributed by atoms with Crippen LogP contribution < -0.4 is 0 Å². The second-order valence-electron chi connectivity index (χ2n) is 17.2. The summed E-state index contributed by atoms with van der Waals surface area (Å²) in [4.78, 5) is 15.9. The van der Waals surface area contributed by atoms with E-state index in [2.05, 4.69) is 215 Å². The number of para-hydroxylation sites is 4. The second kappa shape index (κ2) is 14.7. The summed E-state index contributed by atoms with van der Waals surface area (Å²) >= 11 is 0. The van der Waals surface area contributed by atoms with Gasteiger partial charge in [0.25, 0.3) is 0 Å². The number of fused-ring (bicyclic) bond motifs is 10. The number of hydrogen-bond acceptors (Lipinski definition) is 4. The molecule has 6 nitrogen and oxygen atoms in total. The van der Waals surface area contributed by atoms with Crippen LogP contribution in [0.15, 0.2) is 229 Å². The summed E-state index contributed by atoms with van der Waals surface area (Å²) < 4.78 is 11.7. The lowest BCUT2D eigenvalue weighted by atomic mass is 10.0. The molecule has 4 aromatic heterocycles. The van der Waals surface area contributed by atoms with Crippen molar-refractivity contribution in [1.29, 1.82) is 0 Å². The minimum atomic E-state index is 0.530. The number of aromatic nitrogens is 5. The van der Waals surface area contributed by atoms with Crippen LogP contribution in [0.4, 0.5) is 0 Å². The number of hydrogen-bond donors (Lipinski definition) is 0. The fourth-order valence-corrected chi connectivity index (χ4v) is 10.3. The maximum Gasteiger partial charge on any atom is 0.167 e. The van der Waals surface area contributed by atoms with Gasteiger partial charge in [0.15, 0.2) is 17.5 Å². The van der Waals surface area contributed by atoms with E-state index in [1.54, 1.807) is 0 Å². The Labute approximate surface area is 384 Å². The molecule has 14 aromatic rings. The van der Waals surface area contributed by atoms with E-state index in [1.165, 1.54) is 21.5 Å². The number of benzene rings is 10. The predicted octanol–water partition coefficient (Wildman–Crippen LogP) is 15.8. The lowest BCUT2D eigenvalue weighted by molar-refractivity contribution is 0.669. The van der Waals surface area contributed by atoms with Gasteiger partial charge < -0.3 is 13.6 Å². The Morgan fingerprint density at radius 2 is 0.866 bits per heavy atom. The molecule has 0 unspecified atom stereocenters. The smallest absolute Gasteiger partial charge is 0.167 e. The Balaban J connectivity index is 1.01. The van der Waals surface area contributed by atoms with Gasteiger partial charge in [0.1, 0.15) is 11.2 Å².